The molecule has 9 rings (SSSR count). The summed E-state index contributed by atoms with van der Waals surface area (Å²) in [7, 11) is -1.26. The highest BCUT2D eigenvalue weighted by Gasteiger charge is 2.34. The molecule has 0 saturated carbocycles. The molecule has 4 saturated heterocycles. The predicted molar refractivity (Wildman–Crippen MR) is 274 cm³/mol. The molecule has 19 heteroatoms. The molecule has 14 nitrogen and oxygen atoms in total. The first-order valence-corrected chi connectivity index (χ1v) is 27.8. The molecule has 2 amide bonds. The molecule has 0 spiro atoms. The lowest BCUT2D eigenvalue weighted by Crippen LogP contribution is -2.54. The fourth-order valence-corrected chi connectivity index (χ4v) is 12.7. The van der Waals surface area contributed by atoms with Crippen molar-refractivity contribution >= 4 is 85.6 Å². The Morgan fingerprint density at radius 1 is 0.857 bits per heavy atom. The van der Waals surface area contributed by atoms with Gasteiger partial charge in [-0.2, -0.15) is 4.98 Å². The number of piperazine rings is 1. The molecule has 4 fully saturated rings. The van der Waals surface area contributed by atoms with Crippen molar-refractivity contribution in [3.05, 3.63) is 87.9 Å². The van der Waals surface area contributed by atoms with Gasteiger partial charge in [0.15, 0.2) is 0 Å². The van der Waals surface area contributed by atoms with Gasteiger partial charge in [0.1, 0.15) is 41.7 Å². The Morgan fingerprint density at radius 3 is 2.27 bits per heavy atom. The van der Waals surface area contributed by atoms with Gasteiger partial charge in [-0.1, -0.05) is 19.1 Å². The van der Waals surface area contributed by atoms with E-state index in [1.54, 1.807) is 38.8 Å². The first kappa shape index (κ1) is 49.7. The summed E-state index contributed by atoms with van der Waals surface area (Å²) in [4.78, 5) is 47.4. The zero-order valence-corrected chi connectivity index (χ0v) is 42.7. The van der Waals surface area contributed by atoms with Crippen LogP contribution in [0.2, 0.25) is 0 Å². The van der Waals surface area contributed by atoms with E-state index in [1.165, 1.54) is 30.0 Å². The molecular weight excluding hydrogens is 984 g/mol. The maximum Gasteiger partial charge on any atom is 0.229 e. The summed E-state index contributed by atoms with van der Waals surface area (Å²) < 4.78 is 65.9. The van der Waals surface area contributed by atoms with Gasteiger partial charge >= 0.3 is 0 Å². The molecule has 1 atom stereocenters. The van der Waals surface area contributed by atoms with Crippen LogP contribution in [0.25, 0.3) is 10.9 Å². The summed E-state index contributed by atoms with van der Waals surface area (Å²) in [5.41, 5.74) is 4.03. The van der Waals surface area contributed by atoms with Crippen molar-refractivity contribution in [1.29, 1.82) is 0 Å². The van der Waals surface area contributed by atoms with Crippen molar-refractivity contribution in [2.45, 2.75) is 82.7 Å². The molecule has 70 heavy (non-hydrogen) atoms. The molecule has 2 aromatic heterocycles. The van der Waals surface area contributed by atoms with E-state index in [2.05, 4.69) is 80.5 Å². The van der Waals surface area contributed by atoms with E-state index >= 15 is 8.78 Å². The minimum atomic E-state index is -2.91. The molecule has 0 radical (unpaired) electrons. The average Bonchev–Trinajstić information content (AvgIpc) is 3.33. The zero-order chi connectivity index (χ0) is 49.3. The summed E-state index contributed by atoms with van der Waals surface area (Å²) in [6.07, 6.45) is 9.71. The third kappa shape index (κ3) is 10.8. The highest BCUT2D eigenvalue weighted by atomic mass is 79.9. The minimum Gasteiger partial charge on any atom is -0.494 e. The van der Waals surface area contributed by atoms with Crippen LogP contribution in [0.15, 0.2) is 59.3 Å². The van der Waals surface area contributed by atoms with Crippen LogP contribution in [0.4, 0.5) is 47.7 Å². The Balaban J connectivity index is 0.793. The lowest BCUT2D eigenvalue weighted by molar-refractivity contribution is -0.133. The Morgan fingerprint density at radius 2 is 1.59 bits per heavy atom. The van der Waals surface area contributed by atoms with E-state index in [9.17, 15) is 18.5 Å². The van der Waals surface area contributed by atoms with Gasteiger partial charge in [0.25, 0.3) is 0 Å². The third-order valence-corrected chi connectivity index (χ3v) is 16.6. The number of aryl methyl sites for hydroxylation is 1. The first-order chi connectivity index (χ1) is 33.7. The number of pyridine rings is 1. The number of hydrogen-bond acceptors (Lipinski definition) is 13. The second-order valence-electron chi connectivity index (χ2n) is 19.3. The van der Waals surface area contributed by atoms with E-state index < -0.39 is 42.3 Å². The van der Waals surface area contributed by atoms with Crippen molar-refractivity contribution in [1.82, 2.24) is 30.1 Å². The smallest absolute Gasteiger partial charge is 0.229 e. The van der Waals surface area contributed by atoms with Crippen LogP contribution >= 0.6 is 23.1 Å². The number of aromatic nitrogens is 3. The molecule has 0 bridgehead atoms. The summed E-state index contributed by atoms with van der Waals surface area (Å²) in [6.45, 7) is 12.9. The predicted octanol–water partition coefficient (Wildman–Crippen LogP) is 9.07. The van der Waals surface area contributed by atoms with Gasteiger partial charge in [-0.3, -0.25) is 24.8 Å². The fourth-order valence-electron chi connectivity index (χ4n) is 11.0. The molecule has 1 unspecified atom stereocenters. The van der Waals surface area contributed by atoms with Gasteiger partial charge < -0.3 is 34.6 Å². The number of fused-ring (bicyclic) bond motifs is 1. The molecule has 5 aromatic rings. The number of piperidine rings is 3. The number of halogens is 4. The van der Waals surface area contributed by atoms with Crippen LogP contribution in [-0.4, -0.2) is 121 Å². The molecule has 6 heterocycles. The number of carbonyl (C=O) groups is 2. The maximum atomic E-state index is 15.5. The van der Waals surface area contributed by atoms with Crippen LogP contribution < -0.4 is 35.8 Å². The Hall–Kier alpha value is -5.29. The van der Waals surface area contributed by atoms with Crippen molar-refractivity contribution in [3.8, 4) is 5.75 Å². The monoisotopic (exact) mass is 1040 g/mol. The summed E-state index contributed by atoms with van der Waals surface area (Å²) in [6, 6.07) is 12.3. The maximum absolute atomic E-state index is 15.5. The number of imide groups is 1. The van der Waals surface area contributed by atoms with E-state index in [1.807, 2.05) is 0 Å². The van der Waals surface area contributed by atoms with Crippen LogP contribution in [0.1, 0.15) is 75.3 Å². The number of amides is 2. The largest absolute Gasteiger partial charge is 0.494 e. The lowest BCUT2D eigenvalue weighted by atomic mass is 9.88. The van der Waals surface area contributed by atoms with Gasteiger partial charge in [0.2, 0.25) is 17.8 Å². The van der Waals surface area contributed by atoms with Crippen molar-refractivity contribution in [2.24, 2.45) is 0 Å². The van der Waals surface area contributed by atoms with Gasteiger partial charge in [-0.05, 0) is 104 Å². The number of nitrogens with one attached hydrogen (secondary N) is 3. The summed E-state index contributed by atoms with van der Waals surface area (Å²) in [5.74, 6) is -2.28. The number of hydrogen-bond donors (Lipinski definition) is 3. The van der Waals surface area contributed by atoms with Crippen molar-refractivity contribution < 1.29 is 32.1 Å². The normalized spacial score (nSPS) is 19.2. The number of benzene rings is 3. The number of ether oxygens (including phenoxy) is 1. The highest BCUT2D eigenvalue weighted by molar-refractivity contribution is 9.10. The van der Waals surface area contributed by atoms with E-state index in [-0.39, 0.29) is 30.0 Å². The topological polar surface area (TPSA) is 148 Å². The van der Waals surface area contributed by atoms with Crippen LogP contribution in [-0.2, 0) is 20.6 Å². The number of rotatable bonds is 14. The fraction of sp³-hybridized carbons (Fsp3) is 0.471. The Kier molecular flexibility index (Phi) is 15.0. The van der Waals surface area contributed by atoms with Gasteiger partial charge in [-0.25, -0.2) is 18.2 Å². The number of carbonyl (C=O) groups excluding carboxylic acids is 2. The van der Waals surface area contributed by atoms with Crippen LogP contribution in [0.5, 0.6) is 5.75 Å². The average molecular weight is 1050 g/mol. The summed E-state index contributed by atoms with van der Waals surface area (Å²) >= 11 is 3.56. The number of anilines is 6. The first-order valence-electron chi connectivity index (χ1n) is 24.4. The van der Waals surface area contributed by atoms with Gasteiger partial charge in [0.05, 0.1) is 29.2 Å². The summed E-state index contributed by atoms with van der Waals surface area (Å²) in [5, 5.41) is 9.84. The van der Waals surface area contributed by atoms with E-state index in [0.717, 1.165) is 109 Å². The standard InChI is InChI=1S/C51H61BrF3N10O4P/c1-5-31-23-41(59-51-57-29-37(52)50(61-51)58-42-30-56-48-36(10-8-11-38(48)53)49(42)70(3,4)68)44(69-2)28-43(31)64-17-13-33(14-18-64)63-21-19-62(20-22-63)16-12-34-9-6-7-15-65(34)35-26-39(54)47(40(55)27-35)32-24-45(66)60-46(67)25-32/h8,10-11,23,26-30,32-34H,5-7,9,12-22,24-25H2,1-4H3,(H,60,66,67)(H2,57,58,59,61). The molecule has 3 aromatic carbocycles. The van der Waals surface area contributed by atoms with Crippen LogP contribution in [0, 0.1) is 17.5 Å². The molecule has 372 valence electrons. The third-order valence-electron chi connectivity index (χ3n) is 14.5. The molecule has 3 N–H and O–H groups in total. The molecule has 4 aliphatic heterocycles. The van der Waals surface area contributed by atoms with E-state index in [0.29, 0.717) is 50.1 Å². The lowest BCUT2D eigenvalue weighted by Gasteiger charge is -2.44. The van der Waals surface area contributed by atoms with Gasteiger partial charge in [-0.15, -0.1) is 0 Å². The van der Waals surface area contributed by atoms with Crippen molar-refractivity contribution in [2.75, 3.05) is 93.2 Å². The molecule has 0 aliphatic carbocycles. The SMILES string of the molecule is CCc1cc(Nc2ncc(Br)c(Nc3cnc4c(F)cccc4c3P(C)(C)=O)n2)c(OC)cc1N1CCC(N2CCN(CCC3CCCCN3c3cc(F)c(C4CC(=O)NC(=O)C4)c(F)c3)CC2)CC1. The molecule has 4 aliphatic rings. The number of para-hydroxylation sites is 1. The zero-order valence-electron chi connectivity index (χ0n) is 40.2. The van der Waals surface area contributed by atoms with Gasteiger partial charge in [0, 0.05) is 123 Å². The minimum absolute atomic E-state index is 0.110. The van der Waals surface area contributed by atoms with Crippen molar-refractivity contribution in [3.63, 3.8) is 0 Å². The Labute approximate surface area is 415 Å². The highest BCUT2D eigenvalue weighted by Crippen LogP contribution is 2.43. The second kappa shape index (κ2) is 21.2. The van der Waals surface area contributed by atoms with Crippen LogP contribution in [0.3, 0.4) is 0 Å². The number of nitrogens with zero attached hydrogens (tertiary/aromatic N) is 7. The quantitative estimate of drug-likeness (QED) is 0.0719. The van der Waals surface area contributed by atoms with E-state index in [4.69, 9.17) is 9.72 Å². The second-order valence-corrected chi connectivity index (χ2v) is 23.3. The number of methoxy groups -OCH3 is 1. The molecular formula is C51H61BrF3N10O4P. The Bertz CT molecular complexity index is 2780.